The number of pyridine rings is 2. The largest absolute Gasteiger partial charge is 0.356 e. The smallest absolute Gasteiger partial charge is 0.109 e. The third kappa shape index (κ3) is 5.63. The van der Waals surface area contributed by atoms with Crippen LogP contribution in [0, 0.1) is 37.5 Å². The van der Waals surface area contributed by atoms with Gasteiger partial charge in [0.2, 0.25) is 0 Å². The molecule has 0 aliphatic rings. The number of imidazole rings is 2. The van der Waals surface area contributed by atoms with Gasteiger partial charge in [-0.15, -0.1) is 11.8 Å². The van der Waals surface area contributed by atoms with Crippen LogP contribution in [0.3, 0.4) is 0 Å². The zero-order valence-electron chi connectivity index (χ0n) is 23.5. The summed E-state index contributed by atoms with van der Waals surface area (Å²) in [6.07, 6.45) is 7.25. The Balaban J connectivity index is 0.930. The van der Waals surface area contributed by atoms with Gasteiger partial charge in [0.15, 0.2) is 0 Å². The number of nitrogens with zero attached hydrogens (tertiary/aromatic N) is 6. The maximum atomic E-state index is 5.60. The number of aromatic nitrogens is 6. The van der Waals surface area contributed by atoms with E-state index in [0.29, 0.717) is 13.2 Å². The van der Waals surface area contributed by atoms with E-state index in [1.807, 2.05) is 36.7 Å². The van der Waals surface area contributed by atoms with Crippen molar-refractivity contribution in [1.82, 2.24) is 29.1 Å². The molecule has 0 spiro atoms. The van der Waals surface area contributed by atoms with Crippen LogP contribution in [0.4, 0.5) is 0 Å². The molecule has 2 aromatic carbocycles. The molecule has 6 aromatic rings. The minimum atomic E-state index is 0.402. The van der Waals surface area contributed by atoms with Crippen LogP contribution in [-0.2, 0) is 17.8 Å². The zero-order chi connectivity index (χ0) is 28.0. The van der Waals surface area contributed by atoms with E-state index < -0.39 is 0 Å². The molecule has 0 amide bonds. The van der Waals surface area contributed by atoms with Crippen LogP contribution in [0.2, 0.25) is 0 Å². The van der Waals surface area contributed by atoms with Crippen molar-refractivity contribution >= 4 is 43.9 Å². The number of aryl methyl sites for hydroxylation is 4. The van der Waals surface area contributed by atoms with E-state index in [1.54, 1.807) is 0 Å². The van der Waals surface area contributed by atoms with Crippen molar-refractivity contribution in [3.05, 3.63) is 72.6 Å². The SMILES string of the molecule is Cc1nc2cnc3ccccc3c2n1CCCC#CCOCC#CCCCn1c(C)nc2cnc3ccccc3c21. The maximum Gasteiger partial charge on any atom is 0.109 e. The third-order valence-electron chi connectivity index (χ3n) is 7.31. The monoisotopic (exact) mass is 540 g/mol. The van der Waals surface area contributed by atoms with Gasteiger partial charge in [0, 0.05) is 36.7 Å². The molecular formula is C34H32N6O. The second-order valence-electron chi connectivity index (χ2n) is 10.0. The van der Waals surface area contributed by atoms with Crippen LogP contribution in [0.1, 0.15) is 37.3 Å². The maximum absolute atomic E-state index is 5.60. The average Bonchev–Trinajstić information content (AvgIpc) is 3.50. The molecule has 7 nitrogen and oxygen atoms in total. The molecule has 0 unspecified atom stereocenters. The van der Waals surface area contributed by atoms with E-state index in [4.69, 9.17) is 14.7 Å². The first kappa shape index (κ1) is 26.5. The summed E-state index contributed by atoms with van der Waals surface area (Å²) >= 11 is 0. The molecule has 7 heteroatoms. The highest BCUT2D eigenvalue weighted by atomic mass is 16.5. The molecule has 0 atom stereocenters. The number of para-hydroxylation sites is 2. The first-order chi connectivity index (χ1) is 20.2. The quantitative estimate of drug-likeness (QED) is 0.165. The first-order valence-corrected chi connectivity index (χ1v) is 14.1. The molecule has 0 aliphatic carbocycles. The van der Waals surface area contributed by atoms with E-state index in [-0.39, 0.29) is 0 Å². The Labute approximate surface area is 239 Å². The average molecular weight is 541 g/mol. The van der Waals surface area contributed by atoms with Crippen molar-refractivity contribution in [2.45, 2.75) is 52.6 Å². The fourth-order valence-corrected chi connectivity index (χ4v) is 5.39. The predicted molar refractivity (Wildman–Crippen MR) is 164 cm³/mol. The Hall–Kier alpha value is -4.72. The van der Waals surface area contributed by atoms with Gasteiger partial charge in [0.25, 0.3) is 0 Å². The number of ether oxygens (including phenoxy) is 1. The molecule has 0 aliphatic heterocycles. The van der Waals surface area contributed by atoms with Crippen molar-refractivity contribution in [3.8, 4) is 23.7 Å². The lowest BCUT2D eigenvalue weighted by molar-refractivity contribution is 0.204. The minimum Gasteiger partial charge on any atom is -0.356 e. The minimum absolute atomic E-state index is 0.402. The summed E-state index contributed by atoms with van der Waals surface area (Å²) in [6.45, 7) is 6.65. The van der Waals surface area contributed by atoms with Crippen LogP contribution in [0.25, 0.3) is 43.9 Å². The summed E-state index contributed by atoms with van der Waals surface area (Å²) in [7, 11) is 0. The number of hydrogen-bond donors (Lipinski definition) is 0. The summed E-state index contributed by atoms with van der Waals surface area (Å²) < 4.78 is 10.2. The Morgan fingerprint density at radius 1 is 0.610 bits per heavy atom. The molecule has 4 heterocycles. The van der Waals surface area contributed by atoms with E-state index in [2.05, 4.69) is 80.9 Å². The lowest BCUT2D eigenvalue weighted by Crippen LogP contribution is -2.01. The fraction of sp³-hybridized carbons (Fsp3) is 0.294. The topological polar surface area (TPSA) is 70.7 Å². The highest BCUT2D eigenvalue weighted by Gasteiger charge is 2.12. The number of unbranched alkanes of at least 4 members (excludes halogenated alkanes) is 2. The summed E-state index contributed by atoms with van der Waals surface area (Å²) in [4.78, 5) is 18.5. The van der Waals surface area contributed by atoms with Gasteiger partial charge in [0.1, 0.15) is 35.9 Å². The van der Waals surface area contributed by atoms with Gasteiger partial charge in [-0.3, -0.25) is 9.97 Å². The second-order valence-corrected chi connectivity index (χ2v) is 10.0. The van der Waals surface area contributed by atoms with Gasteiger partial charge < -0.3 is 13.9 Å². The first-order valence-electron chi connectivity index (χ1n) is 14.1. The van der Waals surface area contributed by atoms with E-state index in [9.17, 15) is 0 Å². The van der Waals surface area contributed by atoms with Crippen molar-refractivity contribution in [2.24, 2.45) is 0 Å². The van der Waals surface area contributed by atoms with Crippen molar-refractivity contribution in [1.29, 1.82) is 0 Å². The third-order valence-corrected chi connectivity index (χ3v) is 7.31. The second kappa shape index (κ2) is 12.2. The van der Waals surface area contributed by atoms with Crippen LogP contribution in [-0.4, -0.2) is 42.3 Å². The van der Waals surface area contributed by atoms with Crippen LogP contribution < -0.4 is 0 Å². The summed E-state index contributed by atoms with van der Waals surface area (Å²) in [5, 5.41) is 2.28. The molecule has 204 valence electrons. The fourth-order valence-electron chi connectivity index (χ4n) is 5.39. The Morgan fingerprint density at radius 2 is 1.07 bits per heavy atom. The molecule has 0 N–H and O–H groups in total. The standard InChI is InChI=1S/C34H32N6O/c1-25-37-31-23-35-29-17-9-7-15-27(29)33(31)39(25)19-11-3-5-13-21-41-22-14-6-4-12-20-40-26(2)38-32-24-36-30-18-10-8-16-28(30)34(32)40/h7-10,15-18,23-24H,3-4,11-12,19-22H2,1-2H3. The summed E-state index contributed by atoms with van der Waals surface area (Å²) in [5.74, 6) is 14.7. The number of benzene rings is 2. The summed E-state index contributed by atoms with van der Waals surface area (Å²) in [6, 6.07) is 16.5. The molecule has 0 radical (unpaired) electrons. The number of fused-ring (bicyclic) bond motifs is 6. The Morgan fingerprint density at radius 3 is 1.56 bits per heavy atom. The van der Waals surface area contributed by atoms with Crippen molar-refractivity contribution in [2.75, 3.05) is 13.2 Å². The van der Waals surface area contributed by atoms with Crippen molar-refractivity contribution < 1.29 is 4.74 Å². The molecular weight excluding hydrogens is 508 g/mol. The number of hydrogen-bond acceptors (Lipinski definition) is 5. The summed E-state index contributed by atoms with van der Waals surface area (Å²) in [5.41, 5.74) is 6.19. The Kier molecular flexibility index (Phi) is 7.89. The molecule has 0 saturated heterocycles. The number of rotatable bonds is 8. The Bertz CT molecular complexity index is 1840. The van der Waals surface area contributed by atoms with Gasteiger partial charge in [-0.05, 0) is 38.8 Å². The van der Waals surface area contributed by atoms with Gasteiger partial charge in [-0.1, -0.05) is 48.2 Å². The van der Waals surface area contributed by atoms with Crippen LogP contribution >= 0.6 is 0 Å². The highest BCUT2D eigenvalue weighted by molar-refractivity contribution is 6.03. The normalized spacial score (nSPS) is 11.2. The molecule has 4 aromatic heterocycles. The zero-order valence-corrected chi connectivity index (χ0v) is 23.5. The van der Waals surface area contributed by atoms with Crippen LogP contribution in [0.15, 0.2) is 60.9 Å². The highest BCUT2D eigenvalue weighted by Crippen LogP contribution is 2.26. The van der Waals surface area contributed by atoms with Gasteiger partial charge in [0.05, 0.1) is 34.5 Å². The van der Waals surface area contributed by atoms with Gasteiger partial charge in [-0.2, -0.15) is 0 Å². The lowest BCUT2D eigenvalue weighted by atomic mass is 10.2. The molecule has 0 bridgehead atoms. The molecule has 41 heavy (non-hydrogen) atoms. The van der Waals surface area contributed by atoms with Crippen LogP contribution in [0.5, 0.6) is 0 Å². The molecule has 0 saturated carbocycles. The van der Waals surface area contributed by atoms with E-state index >= 15 is 0 Å². The van der Waals surface area contributed by atoms with Gasteiger partial charge >= 0.3 is 0 Å². The molecule has 0 fully saturated rings. The molecule has 6 rings (SSSR count). The lowest BCUT2D eigenvalue weighted by Gasteiger charge is -2.07. The van der Waals surface area contributed by atoms with E-state index in [1.165, 1.54) is 0 Å². The predicted octanol–water partition coefficient (Wildman–Crippen LogP) is 6.38. The van der Waals surface area contributed by atoms with E-state index in [0.717, 1.165) is 94.3 Å². The van der Waals surface area contributed by atoms with Crippen molar-refractivity contribution in [3.63, 3.8) is 0 Å². The van der Waals surface area contributed by atoms with Gasteiger partial charge in [-0.25, -0.2) is 9.97 Å².